The molecule has 0 spiro atoms. The summed E-state index contributed by atoms with van der Waals surface area (Å²) in [5.41, 5.74) is 20.8. The fourth-order valence-corrected chi connectivity index (χ4v) is 12.0. The van der Waals surface area contributed by atoms with Crippen molar-refractivity contribution in [1.82, 2.24) is 0 Å². The van der Waals surface area contributed by atoms with Gasteiger partial charge in [-0.15, -0.1) is 0 Å². The first-order valence-corrected chi connectivity index (χ1v) is 24.2. The Morgan fingerprint density at radius 3 is 1.79 bits per heavy atom. The van der Waals surface area contributed by atoms with Crippen molar-refractivity contribution in [1.29, 1.82) is 0 Å². The molecule has 0 amide bonds. The van der Waals surface area contributed by atoms with Gasteiger partial charge in [-0.2, -0.15) is 0 Å². The Kier molecular flexibility index (Phi) is 8.05. The first-order valence-electron chi connectivity index (χ1n) is 24.2. The molecule has 0 bridgehead atoms. The lowest BCUT2D eigenvalue weighted by molar-refractivity contribution is 0.332. The van der Waals surface area contributed by atoms with Crippen molar-refractivity contribution in [3.05, 3.63) is 149 Å². The number of rotatable bonds is 2. The third-order valence-corrected chi connectivity index (χ3v) is 15.9. The fourth-order valence-electron chi connectivity index (χ4n) is 12.0. The molecule has 6 heteroatoms. The Bertz CT molecular complexity index is 3750. The maximum absolute atomic E-state index is 7.50. The molecule has 13 rings (SSSR count). The van der Waals surface area contributed by atoms with Gasteiger partial charge in [0.2, 0.25) is 0 Å². The SMILES string of the molecule is Cc1cc2c(cc1N1c3c(oc4ccc(C(C)(C)C)cc34)B3c4c(cc5c(oc6ccccc65)c41)-c1cc4c(cc1N3c1ccc(C(C)(C)C)cc1)oc1ccccc14)C(C)(C)CCC2(C)C. The van der Waals surface area contributed by atoms with Gasteiger partial charge in [-0.1, -0.05) is 130 Å². The Morgan fingerprint density at radius 1 is 0.507 bits per heavy atom. The van der Waals surface area contributed by atoms with E-state index in [1.54, 1.807) is 0 Å². The Balaban J connectivity index is 1.23. The van der Waals surface area contributed by atoms with Gasteiger partial charge < -0.3 is 23.0 Å². The van der Waals surface area contributed by atoms with E-state index >= 15 is 0 Å². The first kappa shape index (κ1) is 40.6. The second-order valence-electron chi connectivity index (χ2n) is 23.3. The zero-order valence-electron chi connectivity index (χ0n) is 40.7. The molecule has 3 aromatic heterocycles. The highest BCUT2D eigenvalue weighted by atomic mass is 16.3. The van der Waals surface area contributed by atoms with Gasteiger partial charge in [-0.3, -0.25) is 0 Å². The number of hydrogen-bond donors (Lipinski definition) is 0. The van der Waals surface area contributed by atoms with Crippen LogP contribution in [0.25, 0.3) is 66.0 Å². The number of hydrogen-bond acceptors (Lipinski definition) is 5. The van der Waals surface area contributed by atoms with Crippen LogP contribution in [-0.4, -0.2) is 6.85 Å². The predicted octanol–water partition coefficient (Wildman–Crippen LogP) is 16.2. The van der Waals surface area contributed by atoms with Gasteiger partial charge in [0.15, 0.2) is 5.58 Å². The van der Waals surface area contributed by atoms with E-state index in [4.69, 9.17) is 13.3 Å². The number of aryl methyl sites for hydroxylation is 1. The lowest BCUT2D eigenvalue weighted by Crippen LogP contribution is -2.61. The molecule has 332 valence electrons. The quantitative estimate of drug-likeness (QED) is 0.162. The Hall–Kier alpha value is -6.66. The molecule has 10 aromatic rings. The zero-order chi connectivity index (χ0) is 46.3. The zero-order valence-corrected chi connectivity index (χ0v) is 40.7. The summed E-state index contributed by atoms with van der Waals surface area (Å²) in [5.74, 6) is 0. The van der Waals surface area contributed by atoms with E-state index in [1.807, 2.05) is 0 Å². The van der Waals surface area contributed by atoms with Crippen LogP contribution in [0.4, 0.5) is 28.4 Å². The van der Waals surface area contributed by atoms with Crippen molar-refractivity contribution in [2.75, 3.05) is 9.71 Å². The molecule has 0 radical (unpaired) electrons. The molecular formula is C61H57BN2O3. The highest BCUT2D eigenvalue weighted by molar-refractivity contribution is 6.93. The average Bonchev–Trinajstić information content (AvgIpc) is 3.98. The standard InChI is InChI=1S/C61H57BN2O3/c1-34-28-45-46(61(10,11)27-26-60(45,8)9)32-47(34)63-54-44-29-36(59(5,6)7)22-25-51(44)67-57(54)62-53-42(31-43-39-17-13-15-19-50(39)66-56(43)55(53)63)40-30-41-38-16-12-14-18-49(38)65-52(41)33-48(40)64(62)37-23-20-35(21-24-37)58(2,3)4/h12-25,28-33H,26-27H2,1-11H3. The molecule has 2 aliphatic heterocycles. The minimum Gasteiger partial charge on any atom is -0.466 e. The molecule has 5 nitrogen and oxygen atoms in total. The second-order valence-corrected chi connectivity index (χ2v) is 23.3. The number of benzene rings is 7. The number of anilines is 5. The van der Waals surface area contributed by atoms with E-state index in [2.05, 4.69) is 207 Å². The molecule has 7 aromatic carbocycles. The van der Waals surface area contributed by atoms with Crippen molar-refractivity contribution >= 4 is 101 Å². The van der Waals surface area contributed by atoms with Crippen molar-refractivity contribution in [2.24, 2.45) is 0 Å². The lowest BCUT2D eigenvalue weighted by atomic mass is 9.45. The van der Waals surface area contributed by atoms with E-state index in [9.17, 15) is 0 Å². The molecule has 5 heterocycles. The summed E-state index contributed by atoms with van der Waals surface area (Å²) in [6.45, 7) is 25.4. The summed E-state index contributed by atoms with van der Waals surface area (Å²) in [6, 6.07) is 45.2. The van der Waals surface area contributed by atoms with Crippen LogP contribution in [0.2, 0.25) is 0 Å². The van der Waals surface area contributed by atoms with Gasteiger partial charge in [0.25, 0.3) is 0 Å². The molecule has 1 aliphatic carbocycles. The molecule has 0 saturated heterocycles. The van der Waals surface area contributed by atoms with Gasteiger partial charge in [-0.25, -0.2) is 0 Å². The monoisotopic (exact) mass is 876 g/mol. The van der Waals surface area contributed by atoms with E-state index in [1.165, 1.54) is 38.8 Å². The molecule has 0 fully saturated rings. The normalized spacial score (nSPS) is 16.3. The van der Waals surface area contributed by atoms with Gasteiger partial charge in [0, 0.05) is 55.6 Å². The van der Waals surface area contributed by atoms with Crippen LogP contribution in [0.5, 0.6) is 0 Å². The van der Waals surface area contributed by atoms with Crippen LogP contribution in [0.3, 0.4) is 0 Å². The first-order chi connectivity index (χ1) is 31.9. The van der Waals surface area contributed by atoms with Crippen LogP contribution < -0.4 is 20.8 Å². The summed E-state index contributed by atoms with van der Waals surface area (Å²) in [4.78, 5) is 5.10. The molecule has 0 atom stereocenters. The van der Waals surface area contributed by atoms with Crippen molar-refractivity contribution in [2.45, 2.75) is 111 Å². The van der Waals surface area contributed by atoms with E-state index in [0.717, 1.165) is 107 Å². The number of furan rings is 3. The minimum atomic E-state index is -0.359. The largest absolute Gasteiger partial charge is 0.466 e. The molecule has 67 heavy (non-hydrogen) atoms. The van der Waals surface area contributed by atoms with Crippen molar-refractivity contribution in [3.8, 4) is 11.1 Å². The van der Waals surface area contributed by atoms with Crippen LogP contribution in [0.15, 0.2) is 135 Å². The van der Waals surface area contributed by atoms with Crippen molar-refractivity contribution < 1.29 is 13.3 Å². The second kappa shape index (κ2) is 13.3. The molecule has 0 saturated carbocycles. The van der Waals surface area contributed by atoms with Crippen molar-refractivity contribution in [3.63, 3.8) is 0 Å². The molecule has 0 unspecified atom stereocenters. The van der Waals surface area contributed by atoms with Crippen LogP contribution in [0.1, 0.15) is 110 Å². The van der Waals surface area contributed by atoms with Crippen LogP contribution in [-0.2, 0) is 21.7 Å². The summed E-state index contributed by atoms with van der Waals surface area (Å²) in [7, 11) is 0. The average molecular weight is 877 g/mol. The maximum atomic E-state index is 7.50. The summed E-state index contributed by atoms with van der Waals surface area (Å²) >= 11 is 0. The lowest BCUT2D eigenvalue weighted by Gasteiger charge is -2.45. The van der Waals surface area contributed by atoms with E-state index in [-0.39, 0.29) is 28.5 Å². The Labute approximate surface area is 393 Å². The van der Waals surface area contributed by atoms with Crippen LogP contribution in [0, 0.1) is 6.92 Å². The third-order valence-electron chi connectivity index (χ3n) is 15.9. The molecule has 0 N–H and O–H groups in total. The Morgan fingerprint density at radius 2 is 1.10 bits per heavy atom. The fraction of sp³-hybridized carbons (Fsp3) is 0.279. The van der Waals surface area contributed by atoms with E-state index < -0.39 is 0 Å². The molecular weight excluding hydrogens is 819 g/mol. The molecule has 3 aliphatic rings. The topological polar surface area (TPSA) is 45.9 Å². The third kappa shape index (κ3) is 5.68. The van der Waals surface area contributed by atoms with Gasteiger partial charge >= 0.3 is 6.85 Å². The summed E-state index contributed by atoms with van der Waals surface area (Å²) in [5, 5.41) is 5.51. The number of nitrogens with zero attached hydrogens (tertiary/aromatic N) is 2. The summed E-state index contributed by atoms with van der Waals surface area (Å²) < 4.78 is 21.5. The predicted molar refractivity (Wildman–Crippen MR) is 282 cm³/mol. The summed E-state index contributed by atoms with van der Waals surface area (Å²) in [6.07, 6.45) is 2.28. The maximum Gasteiger partial charge on any atom is 0.376 e. The van der Waals surface area contributed by atoms with E-state index in [0.29, 0.717) is 0 Å². The number of para-hydroxylation sites is 2. The number of fused-ring (bicyclic) bond motifs is 14. The minimum absolute atomic E-state index is 0.00911. The van der Waals surface area contributed by atoms with Gasteiger partial charge in [-0.05, 0) is 135 Å². The highest BCUT2D eigenvalue weighted by Gasteiger charge is 2.51. The highest BCUT2D eigenvalue weighted by Crippen LogP contribution is 2.56. The van der Waals surface area contributed by atoms with Crippen LogP contribution >= 0.6 is 0 Å². The van der Waals surface area contributed by atoms with Gasteiger partial charge in [0.1, 0.15) is 28.0 Å². The van der Waals surface area contributed by atoms with Gasteiger partial charge in [0.05, 0.1) is 11.4 Å². The smallest absolute Gasteiger partial charge is 0.376 e.